The SMILES string of the molecule is COc1cccc([C@H]2O[C@H](CCO[Si](c3ccccc3)(c3ccccc3)C(C)(C)C)c3ccc(C#N)c(c3)-c3ccc(Cl)cc32)c1OC. The van der Waals surface area contributed by atoms with Crippen LogP contribution in [0.15, 0.2) is 115 Å². The Kier molecular flexibility index (Phi) is 9.77. The lowest BCUT2D eigenvalue weighted by molar-refractivity contribution is -0.00671. The lowest BCUT2D eigenvalue weighted by atomic mass is 9.86. The number of benzene rings is 5. The van der Waals surface area contributed by atoms with Crippen LogP contribution in [-0.4, -0.2) is 29.1 Å². The van der Waals surface area contributed by atoms with Gasteiger partial charge >= 0.3 is 0 Å². The zero-order chi connectivity index (χ0) is 33.9. The molecule has 5 aromatic carbocycles. The molecule has 0 aromatic heterocycles. The van der Waals surface area contributed by atoms with E-state index in [1.807, 2.05) is 48.5 Å². The zero-order valence-electron chi connectivity index (χ0n) is 28.0. The van der Waals surface area contributed by atoms with Gasteiger partial charge in [-0.05, 0) is 68.9 Å². The van der Waals surface area contributed by atoms with E-state index in [0.29, 0.717) is 35.1 Å². The third-order valence-corrected chi connectivity index (χ3v) is 14.5. The Balaban J connectivity index is 1.47. The number of methoxy groups -OCH3 is 2. The van der Waals surface area contributed by atoms with Crippen LogP contribution in [0.25, 0.3) is 11.1 Å². The van der Waals surface area contributed by atoms with Crippen molar-refractivity contribution in [2.24, 2.45) is 0 Å². The first-order valence-electron chi connectivity index (χ1n) is 16.2. The Bertz CT molecular complexity index is 1900. The van der Waals surface area contributed by atoms with Gasteiger partial charge < -0.3 is 18.6 Å². The molecule has 0 unspecified atom stereocenters. The van der Waals surface area contributed by atoms with Gasteiger partial charge in [-0.1, -0.05) is 117 Å². The molecule has 2 atom stereocenters. The second-order valence-corrected chi connectivity index (χ2v) is 17.8. The van der Waals surface area contributed by atoms with Crippen LogP contribution in [0.2, 0.25) is 10.1 Å². The summed E-state index contributed by atoms with van der Waals surface area (Å²) >= 11 is 6.65. The number of nitrogens with zero attached hydrogens (tertiary/aromatic N) is 1. The van der Waals surface area contributed by atoms with Crippen LogP contribution in [0, 0.1) is 11.3 Å². The number of nitriles is 1. The van der Waals surface area contributed by atoms with E-state index in [9.17, 15) is 5.26 Å². The Morgan fingerprint density at radius 3 is 2.06 bits per heavy atom. The van der Waals surface area contributed by atoms with Crippen LogP contribution in [0.4, 0.5) is 0 Å². The van der Waals surface area contributed by atoms with Crippen molar-refractivity contribution < 1.29 is 18.6 Å². The Hall–Kier alpha value is -4.38. The minimum Gasteiger partial charge on any atom is -0.493 e. The molecule has 5 nitrogen and oxygen atoms in total. The van der Waals surface area contributed by atoms with Gasteiger partial charge in [0.25, 0.3) is 8.32 Å². The van der Waals surface area contributed by atoms with E-state index in [2.05, 4.69) is 93.6 Å². The van der Waals surface area contributed by atoms with E-state index in [1.54, 1.807) is 14.2 Å². The highest BCUT2D eigenvalue weighted by molar-refractivity contribution is 6.99. The molecule has 0 amide bonds. The van der Waals surface area contributed by atoms with Gasteiger partial charge in [0.2, 0.25) is 0 Å². The van der Waals surface area contributed by atoms with Gasteiger partial charge in [0.15, 0.2) is 11.5 Å². The van der Waals surface area contributed by atoms with Gasteiger partial charge in [-0.15, -0.1) is 0 Å². The summed E-state index contributed by atoms with van der Waals surface area (Å²) in [4.78, 5) is 0. The first kappa shape index (κ1) is 33.5. The molecule has 2 bridgehead atoms. The molecule has 1 heterocycles. The number of rotatable bonds is 9. The monoisotopic (exact) mass is 673 g/mol. The van der Waals surface area contributed by atoms with Crippen LogP contribution in [0.5, 0.6) is 11.5 Å². The molecule has 1 aliphatic heterocycles. The van der Waals surface area contributed by atoms with E-state index < -0.39 is 14.4 Å². The average Bonchev–Trinajstić information content (AvgIpc) is 3.10. The van der Waals surface area contributed by atoms with E-state index in [0.717, 1.165) is 27.8 Å². The van der Waals surface area contributed by atoms with Crippen LogP contribution in [0.1, 0.15) is 61.7 Å². The molecule has 0 saturated carbocycles. The normalized spacial score (nSPS) is 15.9. The molecule has 244 valence electrons. The molecule has 5 aromatic rings. The molecule has 6 rings (SSSR count). The maximum Gasteiger partial charge on any atom is 0.261 e. The van der Waals surface area contributed by atoms with Gasteiger partial charge in [-0.25, -0.2) is 0 Å². The number of hydrogen-bond donors (Lipinski definition) is 0. The smallest absolute Gasteiger partial charge is 0.261 e. The third kappa shape index (κ3) is 6.15. The van der Waals surface area contributed by atoms with Crippen LogP contribution < -0.4 is 19.8 Å². The molecule has 0 fully saturated rings. The fourth-order valence-electron chi connectivity index (χ4n) is 7.07. The van der Waals surface area contributed by atoms with E-state index in [1.165, 1.54) is 10.4 Å². The molecule has 0 spiro atoms. The fraction of sp³-hybridized carbons (Fsp3) is 0.244. The summed E-state index contributed by atoms with van der Waals surface area (Å²) in [5, 5.41) is 13.0. The number of halogens is 1. The van der Waals surface area contributed by atoms with Crippen LogP contribution >= 0.6 is 11.6 Å². The summed E-state index contributed by atoms with van der Waals surface area (Å²) in [6.45, 7) is 7.30. The lowest BCUT2D eigenvalue weighted by Gasteiger charge is -2.43. The highest BCUT2D eigenvalue weighted by Crippen LogP contribution is 2.48. The second kappa shape index (κ2) is 14.0. The molecular weight excluding hydrogens is 634 g/mol. The predicted octanol–water partition coefficient (Wildman–Crippen LogP) is 9.02. The fourth-order valence-corrected chi connectivity index (χ4v) is 11.8. The number of hydrogen-bond acceptors (Lipinski definition) is 5. The quantitative estimate of drug-likeness (QED) is 0.146. The van der Waals surface area contributed by atoms with Gasteiger partial charge in [0.05, 0.1) is 32.0 Å². The second-order valence-electron chi connectivity index (χ2n) is 13.0. The standard InChI is InChI=1S/C41H40ClNO4Si/c1-41(2,3)48(31-13-8-6-9-14-31,32-15-10-7-11-16-32)46-24-23-37-28-19-20-29(27-43)35(25-28)33-22-21-30(42)26-36(33)39(47-37)34-17-12-18-38(44-4)40(34)45-5/h6-22,25-26,37,39H,23-24H2,1-5H3/t37-,39-/m1/s1. The lowest BCUT2D eigenvalue weighted by Crippen LogP contribution is -2.66. The van der Waals surface area contributed by atoms with Crippen LogP contribution in [0.3, 0.4) is 0 Å². The summed E-state index contributed by atoms with van der Waals surface area (Å²) in [7, 11) is 0.482. The minimum atomic E-state index is -2.78. The molecule has 48 heavy (non-hydrogen) atoms. The molecule has 7 heteroatoms. The number of fused-ring (bicyclic) bond motifs is 4. The molecule has 0 aliphatic carbocycles. The maximum absolute atomic E-state index is 10.2. The maximum atomic E-state index is 10.2. The van der Waals surface area contributed by atoms with E-state index in [-0.39, 0.29) is 11.1 Å². The third-order valence-electron chi connectivity index (χ3n) is 9.25. The van der Waals surface area contributed by atoms with Crippen molar-refractivity contribution in [1.29, 1.82) is 5.26 Å². The topological polar surface area (TPSA) is 60.7 Å². The van der Waals surface area contributed by atoms with Crippen molar-refractivity contribution in [1.82, 2.24) is 0 Å². The minimum absolute atomic E-state index is 0.161. The zero-order valence-corrected chi connectivity index (χ0v) is 29.8. The molecular formula is C41H40ClNO4Si. The van der Waals surface area contributed by atoms with Crippen molar-refractivity contribution in [3.63, 3.8) is 0 Å². The largest absolute Gasteiger partial charge is 0.493 e. The summed E-state index contributed by atoms with van der Waals surface area (Å²) in [6, 6.07) is 41.2. The highest BCUT2D eigenvalue weighted by atomic mass is 35.5. The van der Waals surface area contributed by atoms with E-state index >= 15 is 0 Å². The first-order valence-corrected chi connectivity index (χ1v) is 18.5. The summed E-state index contributed by atoms with van der Waals surface area (Å²) in [5.41, 5.74) is 4.94. The molecule has 0 saturated heterocycles. The summed E-state index contributed by atoms with van der Waals surface area (Å²) in [5.74, 6) is 1.19. The Morgan fingerprint density at radius 2 is 1.46 bits per heavy atom. The molecule has 1 aliphatic rings. The Labute approximate surface area is 289 Å². The number of para-hydroxylation sites is 1. The molecule has 0 N–H and O–H groups in total. The molecule has 0 radical (unpaired) electrons. The van der Waals surface area contributed by atoms with Gasteiger partial charge in [-0.3, -0.25) is 0 Å². The summed E-state index contributed by atoms with van der Waals surface area (Å²) < 4.78 is 26.1. The van der Waals surface area contributed by atoms with Crippen molar-refractivity contribution in [2.75, 3.05) is 20.8 Å². The van der Waals surface area contributed by atoms with Gasteiger partial charge in [-0.2, -0.15) is 5.26 Å². The van der Waals surface area contributed by atoms with Gasteiger partial charge in [0, 0.05) is 22.8 Å². The summed E-state index contributed by atoms with van der Waals surface area (Å²) in [6.07, 6.45) is -0.372. The van der Waals surface area contributed by atoms with Crippen molar-refractivity contribution in [3.8, 4) is 28.7 Å². The Morgan fingerprint density at radius 1 is 0.771 bits per heavy atom. The van der Waals surface area contributed by atoms with Crippen molar-refractivity contribution in [2.45, 2.75) is 44.4 Å². The van der Waals surface area contributed by atoms with Crippen LogP contribution in [-0.2, 0) is 9.16 Å². The average molecular weight is 674 g/mol. The predicted molar refractivity (Wildman–Crippen MR) is 195 cm³/mol. The van der Waals surface area contributed by atoms with Gasteiger partial charge in [0.1, 0.15) is 6.10 Å². The van der Waals surface area contributed by atoms with Crippen molar-refractivity contribution >= 4 is 30.3 Å². The highest BCUT2D eigenvalue weighted by Gasteiger charge is 2.50. The number of ether oxygens (including phenoxy) is 3. The van der Waals surface area contributed by atoms with E-state index in [4.69, 9.17) is 30.2 Å². The van der Waals surface area contributed by atoms with Crippen molar-refractivity contribution in [3.05, 3.63) is 143 Å². The first-order chi connectivity index (χ1) is 23.2.